The van der Waals surface area contributed by atoms with Crippen LogP contribution < -0.4 is 10.5 Å². The zero-order chi connectivity index (χ0) is 37.0. The molecule has 0 saturated carbocycles. The Kier molecular flexibility index (Phi) is 11.8. The second-order valence-electron chi connectivity index (χ2n) is 12.5. The van der Waals surface area contributed by atoms with Crippen LogP contribution in [0.1, 0.15) is 52.0 Å². The summed E-state index contributed by atoms with van der Waals surface area (Å²) in [5, 5.41) is 12.9. The molecule has 2 heterocycles. The quantitative estimate of drug-likeness (QED) is 0.0818. The summed E-state index contributed by atoms with van der Waals surface area (Å²) in [5.41, 5.74) is 9.37. The van der Waals surface area contributed by atoms with Crippen molar-refractivity contribution in [3.05, 3.63) is 98.7 Å². The molecule has 3 aromatic carbocycles. The molecule has 1 aliphatic heterocycles. The van der Waals surface area contributed by atoms with Crippen molar-refractivity contribution in [1.29, 1.82) is 0 Å². The lowest BCUT2D eigenvalue weighted by Crippen LogP contribution is -2.47. The number of fused-ring (bicyclic) bond motifs is 1. The molecule has 1 unspecified atom stereocenters. The van der Waals surface area contributed by atoms with E-state index in [4.69, 9.17) is 38.9 Å². The second-order valence-corrected chi connectivity index (χ2v) is 15.2. The smallest absolute Gasteiger partial charge is 0.253 e. The highest BCUT2D eigenvalue weighted by Crippen LogP contribution is 2.37. The van der Waals surface area contributed by atoms with E-state index in [1.807, 2.05) is 32.0 Å². The molecule has 1 saturated heterocycles. The Morgan fingerprint density at radius 3 is 2.43 bits per heavy atom. The molecule has 0 aliphatic carbocycles. The van der Waals surface area contributed by atoms with Gasteiger partial charge < -0.3 is 25.5 Å². The number of oxime groups is 1. The SMILES string of the molecule is Cc1cc(C)c2cccc(OCc3c(Cl)ccc(S(=O)(=O)N4CCCC4C(=O)N(C)CCCN(C)C(=O)c4ccc(C(N)=NO)cc4)c3Cl)c2n1. The van der Waals surface area contributed by atoms with Gasteiger partial charge in [-0.25, -0.2) is 13.4 Å². The number of para-hydroxylation sites is 1. The third-order valence-corrected chi connectivity index (χ3v) is 11.8. The van der Waals surface area contributed by atoms with E-state index in [-0.39, 0.29) is 45.7 Å². The first-order chi connectivity index (χ1) is 24.2. The minimum Gasteiger partial charge on any atom is -0.487 e. The number of amides is 2. The Morgan fingerprint density at radius 2 is 1.73 bits per heavy atom. The molecule has 0 spiro atoms. The lowest BCUT2D eigenvalue weighted by atomic mass is 10.1. The van der Waals surface area contributed by atoms with Crippen molar-refractivity contribution in [1.82, 2.24) is 19.1 Å². The molecule has 1 aliphatic rings. The van der Waals surface area contributed by atoms with Gasteiger partial charge in [0, 0.05) is 66.5 Å². The highest BCUT2D eigenvalue weighted by atomic mass is 35.5. The number of sulfonamides is 1. The van der Waals surface area contributed by atoms with Crippen LogP contribution in [-0.4, -0.2) is 90.1 Å². The van der Waals surface area contributed by atoms with E-state index in [0.29, 0.717) is 60.3 Å². The molecule has 1 fully saturated rings. The molecule has 0 radical (unpaired) electrons. The molecule has 1 atom stereocenters. The number of nitrogens with zero attached hydrogens (tertiary/aromatic N) is 5. The third-order valence-electron chi connectivity index (χ3n) is 8.98. The molecular weight excluding hydrogens is 715 g/mol. The lowest BCUT2D eigenvalue weighted by molar-refractivity contribution is -0.133. The van der Waals surface area contributed by atoms with Gasteiger partial charge in [-0.05, 0) is 75.1 Å². The van der Waals surface area contributed by atoms with E-state index in [1.54, 1.807) is 44.4 Å². The fraction of sp³-hybridized carbons (Fsp3) is 0.333. The van der Waals surface area contributed by atoms with Crippen LogP contribution >= 0.6 is 23.2 Å². The Morgan fingerprint density at radius 1 is 1.04 bits per heavy atom. The largest absolute Gasteiger partial charge is 0.487 e. The number of halogens is 2. The van der Waals surface area contributed by atoms with Gasteiger partial charge in [0.1, 0.15) is 28.8 Å². The number of rotatable bonds is 12. The molecule has 3 N–H and O–H groups in total. The van der Waals surface area contributed by atoms with Crippen LogP contribution in [0.25, 0.3) is 10.9 Å². The van der Waals surface area contributed by atoms with Gasteiger partial charge >= 0.3 is 0 Å². The second kappa shape index (κ2) is 15.9. The third kappa shape index (κ3) is 8.06. The van der Waals surface area contributed by atoms with Crippen LogP contribution in [0, 0.1) is 13.8 Å². The van der Waals surface area contributed by atoms with Crippen molar-refractivity contribution in [2.45, 2.75) is 50.7 Å². The molecule has 1 aromatic heterocycles. The standard InChI is InChI=1S/C36H40Cl2N6O6S/c1-22-20-23(2)40-33-26(22)8-5-10-30(33)50-21-27-28(37)15-16-31(32(27)38)51(48,49)44-19-6-9-29(44)36(46)43(4)18-7-17-42(3)35(45)25-13-11-24(12-14-25)34(39)41-47/h5,8,10-16,20,29,47H,6-7,9,17-19,21H2,1-4H3,(H2,39,41). The number of carbonyl (C=O) groups excluding carboxylic acids is 2. The minimum absolute atomic E-state index is 0.0601. The molecule has 2 amide bonds. The molecular formula is C36H40Cl2N6O6S. The lowest BCUT2D eigenvalue weighted by Gasteiger charge is -2.28. The van der Waals surface area contributed by atoms with Gasteiger partial charge in [-0.3, -0.25) is 9.59 Å². The molecule has 12 nitrogen and oxygen atoms in total. The van der Waals surface area contributed by atoms with Crippen molar-refractivity contribution >= 4 is 61.8 Å². The highest BCUT2D eigenvalue weighted by molar-refractivity contribution is 7.89. The summed E-state index contributed by atoms with van der Waals surface area (Å²) in [4.78, 5) is 34.0. The van der Waals surface area contributed by atoms with E-state index in [0.717, 1.165) is 16.6 Å². The van der Waals surface area contributed by atoms with Crippen molar-refractivity contribution in [2.24, 2.45) is 10.9 Å². The number of ether oxygens (including phenoxy) is 1. The van der Waals surface area contributed by atoms with Gasteiger partial charge in [-0.1, -0.05) is 52.6 Å². The fourth-order valence-electron chi connectivity index (χ4n) is 6.20. The van der Waals surface area contributed by atoms with Crippen molar-refractivity contribution in [2.75, 3.05) is 33.7 Å². The zero-order valence-electron chi connectivity index (χ0n) is 28.8. The van der Waals surface area contributed by atoms with Crippen LogP contribution in [0.4, 0.5) is 0 Å². The van der Waals surface area contributed by atoms with Crippen molar-refractivity contribution in [3.63, 3.8) is 0 Å². The van der Waals surface area contributed by atoms with Gasteiger partial charge in [0.05, 0.1) is 5.02 Å². The van der Waals surface area contributed by atoms with Gasteiger partial charge in [0.2, 0.25) is 15.9 Å². The predicted octanol–water partition coefficient (Wildman–Crippen LogP) is 5.61. The van der Waals surface area contributed by atoms with Crippen LogP contribution in [0.5, 0.6) is 5.75 Å². The van der Waals surface area contributed by atoms with E-state index < -0.39 is 16.1 Å². The van der Waals surface area contributed by atoms with Crippen LogP contribution in [0.2, 0.25) is 10.0 Å². The Labute approximate surface area is 307 Å². The Balaban J connectivity index is 1.24. The Hall–Kier alpha value is -4.43. The summed E-state index contributed by atoms with van der Waals surface area (Å²) in [7, 11) is -0.930. The van der Waals surface area contributed by atoms with Gasteiger partial charge in [0.25, 0.3) is 5.91 Å². The number of hydrogen-bond donors (Lipinski definition) is 2. The van der Waals surface area contributed by atoms with Crippen LogP contribution in [-0.2, 0) is 21.4 Å². The van der Waals surface area contributed by atoms with E-state index in [2.05, 4.69) is 10.1 Å². The maximum absolute atomic E-state index is 14.1. The number of aryl methyl sites for hydroxylation is 2. The molecule has 15 heteroatoms. The number of amidine groups is 1. The summed E-state index contributed by atoms with van der Waals surface area (Å²) >= 11 is 13.3. The normalized spacial score (nSPS) is 15.3. The monoisotopic (exact) mass is 754 g/mol. The van der Waals surface area contributed by atoms with Gasteiger partial charge in [-0.2, -0.15) is 4.31 Å². The first-order valence-corrected chi connectivity index (χ1v) is 18.5. The van der Waals surface area contributed by atoms with Crippen molar-refractivity contribution in [3.8, 4) is 5.75 Å². The number of nitrogens with two attached hydrogens (primary N) is 1. The molecule has 0 bridgehead atoms. The first kappa shape index (κ1) is 37.8. The maximum atomic E-state index is 14.1. The number of likely N-dealkylation sites (N-methyl/N-ethyl adjacent to an activating group) is 1. The van der Waals surface area contributed by atoms with Crippen molar-refractivity contribution < 1.29 is 28.0 Å². The fourth-order valence-corrected chi connectivity index (χ4v) is 8.72. The molecule has 270 valence electrons. The zero-order valence-corrected chi connectivity index (χ0v) is 31.1. The minimum atomic E-state index is -4.21. The summed E-state index contributed by atoms with van der Waals surface area (Å²) in [6, 6.07) is 15.9. The van der Waals surface area contributed by atoms with E-state index in [1.165, 1.54) is 26.2 Å². The summed E-state index contributed by atoms with van der Waals surface area (Å²) in [6.07, 6.45) is 1.32. The molecule has 4 aromatic rings. The molecule has 51 heavy (non-hydrogen) atoms. The molecule has 5 rings (SSSR count). The predicted molar refractivity (Wildman–Crippen MR) is 197 cm³/mol. The van der Waals surface area contributed by atoms with Crippen LogP contribution in [0.3, 0.4) is 0 Å². The van der Waals surface area contributed by atoms with Crippen LogP contribution in [0.15, 0.2) is 70.7 Å². The average Bonchev–Trinajstić information content (AvgIpc) is 3.62. The Bertz CT molecular complexity index is 2090. The topological polar surface area (TPSA) is 159 Å². The van der Waals surface area contributed by atoms with E-state index >= 15 is 0 Å². The van der Waals surface area contributed by atoms with Gasteiger partial charge in [-0.15, -0.1) is 0 Å². The summed E-state index contributed by atoms with van der Waals surface area (Å²) < 4.78 is 35.5. The summed E-state index contributed by atoms with van der Waals surface area (Å²) in [5.74, 6) is -0.120. The average molecular weight is 756 g/mol. The number of pyridine rings is 1. The number of hydrogen-bond acceptors (Lipinski definition) is 8. The number of carbonyl (C=O) groups is 2. The van der Waals surface area contributed by atoms with E-state index in [9.17, 15) is 18.0 Å². The maximum Gasteiger partial charge on any atom is 0.253 e. The number of aromatic nitrogens is 1. The number of benzene rings is 3. The summed E-state index contributed by atoms with van der Waals surface area (Å²) in [6.45, 7) is 4.60. The highest BCUT2D eigenvalue weighted by Gasteiger charge is 2.41. The first-order valence-electron chi connectivity index (χ1n) is 16.3. The van der Waals surface area contributed by atoms with Gasteiger partial charge in [0.15, 0.2) is 5.84 Å².